The first-order chi connectivity index (χ1) is 10.8. The van der Waals surface area contributed by atoms with Crippen LogP contribution >= 0.6 is 0 Å². The summed E-state index contributed by atoms with van der Waals surface area (Å²) in [5.41, 5.74) is 10.7. The van der Waals surface area contributed by atoms with E-state index in [1.165, 1.54) is 0 Å². The van der Waals surface area contributed by atoms with Crippen LogP contribution < -0.4 is 5.73 Å². The quantitative estimate of drug-likeness (QED) is 0.660. The molecule has 0 fully saturated rings. The van der Waals surface area contributed by atoms with Crippen LogP contribution in [0.1, 0.15) is 47.6 Å². The lowest BCUT2D eigenvalue weighted by Gasteiger charge is -2.31. The van der Waals surface area contributed by atoms with Gasteiger partial charge in [0.25, 0.3) is 0 Å². The van der Waals surface area contributed by atoms with Gasteiger partial charge in [-0.15, -0.1) is 0 Å². The number of rotatable bonds is 2. The molecule has 1 aromatic heterocycles. The van der Waals surface area contributed by atoms with Crippen LogP contribution in [-0.4, -0.2) is 21.4 Å². The summed E-state index contributed by atoms with van der Waals surface area (Å²) in [6, 6.07) is 9.31. The fourth-order valence-electron chi connectivity index (χ4n) is 3.40. The Balaban J connectivity index is 2.15. The molecule has 1 aliphatic rings. The zero-order valence-corrected chi connectivity index (χ0v) is 13.6. The smallest absolute Gasteiger partial charge is 0.248 e. The molecule has 0 aliphatic heterocycles. The van der Waals surface area contributed by atoms with Crippen molar-refractivity contribution in [2.75, 3.05) is 0 Å². The second-order valence-electron chi connectivity index (χ2n) is 6.96. The largest absolute Gasteiger partial charge is 0.411 e. The molecule has 120 valence electrons. The molecule has 2 aromatic rings. The summed E-state index contributed by atoms with van der Waals surface area (Å²) in [6.07, 6.45) is 1.65. The number of nitrogens with zero attached hydrogens (tertiary/aromatic N) is 2. The van der Waals surface area contributed by atoms with Crippen LogP contribution in [0.5, 0.6) is 0 Å². The fourth-order valence-corrected chi connectivity index (χ4v) is 3.40. The molecule has 0 saturated heterocycles. The molecule has 5 nitrogen and oxygen atoms in total. The van der Waals surface area contributed by atoms with Gasteiger partial charge in [0.15, 0.2) is 0 Å². The highest BCUT2D eigenvalue weighted by molar-refractivity contribution is 6.03. The van der Waals surface area contributed by atoms with E-state index in [0.717, 1.165) is 41.2 Å². The normalized spacial score (nSPS) is 18.0. The summed E-state index contributed by atoms with van der Waals surface area (Å²) >= 11 is 0. The van der Waals surface area contributed by atoms with E-state index >= 15 is 0 Å². The van der Waals surface area contributed by atoms with Gasteiger partial charge in [0.2, 0.25) is 5.91 Å². The molecule has 5 heteroatoms. The Kier molecular flexibility index (Phi) is 3.51. The van der Waals surface area contributed by atoms with Gasteiger partial charge in [-0.25, -0.2) is 0 Å². The van der Waals surface area contributed by atoms with Crippen LogP contribution in [0.25, 0.3) is 5.69 Å². The minimum absolute atomic E-state index is 0.0320. The number of benzene rings is 1. The van der Waals surface area contributed by atoms with Crippen molar-refractivity contribution >= 4 is 11.6 Å². The minimum atomic E-state index is -0.432. The first kappa shape index (κ1) is 15.3. The molecular weight excluding hydrogens is 290 g/mol. The number of hydrogen-bond acceptors (Lipinski definition) is 3. The third-order valence-electron chi connectivity index (χ3n) is 4.42. The molecule has 1 heterocycles. The van der Waals surface area contributed by atoms with Gasteiger partial charge in [0.05, 0.1) is 5.71 Å². The molecule has 1 amide bonds. The van der Waals surface area contributed by atoms with Crippen LogP contribution in [0.3, 0.4) is 0 Å². The highest BCUT2D eigenvalue weighted by Gasteiger charge is 2.33. The standard InChI is InChI=1S/C18H21N3O2/c1-11-8-14-15(20-23)9-18(2,3)10-16(14)21(11)13-6-4-12(5-7-13)17(19)22/h4-8,23H,9-10H2,1-3H3,(H2,19,22)/b20-15+. The van der Waals surface area contributed by atoms with Gasteiger partial charge in [0.1, 0.15) is 0 Å². The molecule has 0 radical (unpaired) electrons. The third-order valence-corrected chi connectivity index (χ3v) is 4.42. The van der Waals surface area contributed by atoms with Crippen molar-refractivity contribution in [1.29, 1.82) is 0 Å². The average Bonchev–Trinajstić information content (AvgIpc) is 2.81. The van der Waals surface area contributed by atoms with E-state index in [2.05, 4.69) is 29.6 Å². The number of aryl methyl sites for hydroxylation is 1. The number of aromatic nitrogens is 1. The van der Waals surface area contributed by atoms with Crippen molar-refractivity contribution in [1.82, 2.24) is 4.57 Å². The lowest BCUT2D eigenvalue weighted by Crippen LogP contribution is -2.28. The fraction of sp³-hybridized carbons (Fsp3) is 0.333. The maximum Gasteiger partial charge on any atom is 0.248 e. The van der Waals surface area contributed by atoms with Crippen LogP contribution in [0, 0.1) is 12.3 Å². The van der Waals surface area contributed by atoms with E-state index in [1.807, 2.05) is 19.1 Å². The summed E-state index contributed by atoms with van der Waals surface area (Å²) in [5.74, 6) is -0.432. The van der Waals surface area contributed by atoms with Crippen molar-refractivity contribution < 1.29 is 10.0 Å². The SMILES string of the molecule is Cc1cc2c(n1-c1ccc(C(N)=O)cc1)CC(C)(C)C/C2=N\O. The number of primary amides is 1. The summed E-state index contributed by atoms with van der Waals surface area (Å²) in [7, 11) is 0. The molecule has 0 spiro atoms. The van der Waals surface area contributed by atoms with Gasteiger partial charge in [-0.1, -0.05) is 19.0 Å². The second-order valence-corrected chi connectivity index (χ2v) is 6.96. The molecule has 0 atom stereocenters. The number of oxime groups is 1. The maximum atomic E-state index is 11.2. The number of carbonyl (C=O) groups is 1. The highest BCUT2D eigenvalue weighted by atomic mass is 16.4. The molecule has 3 rings (SSSR count). The van der Waals surface area contributed by atoms with Crippen molar-refractivity contribution in [3.63, 3.8) is 0 Å². The Labute approximate surface area is 135 Å². The monoisotopic (exact) mass is 311 g/mol. The van der Waals surface area contributed by atoms with Crippen molar-refractivity contribution in [3.8, 4) is 5.69 Å². The molecular formula is C18H21N3O2. The Hall–Kier alpha value is -2.56. The van der Waals surface area contributed by atoms with E-state index in [1.54, 1.807) is 12.1 Å². The first-order valence-electron chi connectivity index (χ1n) is 7.65. The van der Waals surface area contributed by atoms with Crippen molar-refractivity contribution in [2.24, 2.45) is 16.3 Å². The maximum absolute atomic E-state index is 11.2. The van der Waals surface area contributed by atoms with Gasteiger partial charge in [-0.2, -0.15) is 0 Å². The van der Waals surface area contributed by atoms with Gasteiger partial charge in [-0.05, 0) is 55.5 Å². The van der Waals surface area contributed by atoms with Gasteiger partial charge in [-0.3, -0.25) is 4.79 Å². The Morgan fingerprint density at radius 1 is 1.26 bits per heavy atom. The summed E-state index contributed by atoms with van der Waals surface area (Å²) in [6.45, 7) is 6.37. The molecule has 0 unspecified atom stereocenters. The summed E-state index contributed by atoms with van der Waals surface area (Å²) in [5, 5.41) is 12.9. The predicted octanol–water partition coefficient (Wildman–Crippen LogP) is 3.04. The number of carbonyl (C=O) groups excluding carboxylic acids is 1. The molecule has 1 aromatic carbocycles. The molecule has 0 saturated carbocycles. The summed E-state index contributed by atoms with van der Waals surface area (Å²) in [4.78, 5) is 11.2. The lowest BCUT2D eigenvalue weighted by molar-refractivity contribution is 0.100. The zero-order chi connectivity index (χ0) is 16.8. The number of hydrogen-bond donors (Lipinski definition) is 2. The molecule has 3 N–H and O–H groups in total. The van der Waals surface area contributed by atoms with E-state index in [9.17, 15) is 10.0 Å². The van der Waals surface area contributed by atoms with Crippen LogP contribution in [0.2, 0.25) is 0 Å². The van der Waals surface area contributed by atoms with Gasteiger partial charge < -0.3 is 15.5 Å². The molecule has 23 heavy (non-hydrogen) atoms. The van der Waals surface area contributed by atoms with E-state index in [-0.39, 0.29) is 5.41 Å². The predicted molar refractivity (Wildman–Crippen MR) is 89.4 cm³/mol. The Bertz CT molecular complexity index is 798. The number of fused-ring (bicyclic) bond motifs is 1. The molecule has 0 bridgehead atoms. The average molecular weight is 311 g/mol. The van der Waals surface area contributed by atoms with E-state index < -0.39 is 5.91 Å². The number of amides is 1. The van der Waals surface area contributed by atoms with Crippen molar-refractivity contribution in [2.45, 2.75) is 33.6 Å². The Morgan fingerprint density at radius 2 is 1.91 bits per heavy atom. The van der Waals surface area contributed by atoms with Crippen LogP contribution in [-0.2, 0) is 6.42 Å². The van der Waals surface area contributed by atoms with Crippen molar-refractivity contribution in [3.05, 3.63) is 52.8 Å². The van der Waals surface area contributed by atoms with Gasteiger partial charge >= 0.3 is 0 Å². The van der Waals surface area contributed by atoms with E-state index in [0.29, 0.717) is 5.56 Å². The topological polar surface area (TPSA) is 80.6 Å². The number of nitrogens with two attached hydrogens (primary N) is 1. The van der Waals surface area contributed by atoms with Gasteiger partial charge in [0, 0.05) is 28.2 Å². The molecule has 1 aliphatic carbocycles. The van der Waals surface area contributed by atoms with Crippen LogP contribution in [0.4, 0.5) is 0 Å². The minimum Gasteiger partial charge on any atom is -0.411 e. The highest BCUT2D eigenvalue weighted by Crippen LogP contribution is 2.37. The van der Waals surface area contributed by atoms with E-state index in [4.69, 9.17) is 5.73 Å². The first-order valence-corrected chi connectivity index (χ1v) is 7.65. The third kappa shape index (κ3) is 2.63. The lowest BCUT2D eigenvalue weighted by atomic mass is 9.76. The Morgan fingerprint density at radius 3 is 2.48 bits per heavy atom. The van der Waals surface area contributed by atoms with Crippen LogP contribution in [0.15, 0.2) is 35.5 Å². The second kappa shape index (κ2) is 5.26. The summed E-state index contributed by atoms with van der Waals surface area (Å²) < 4.78 is 2.16. The zero-order valence-electron chi connectivity index (χ0n) is 13.6.